The highest BCUT2D eigenvalue weighted by Gasteiger charge is 2.18. The zero-order valence-electron chi connectivity index (χ0n) is 37.3. The molecule has 0 aliphatic carbocycles. The van der Waals surface area contributed by atoms with E-state index in [0.717, 1.165) is 28.3 Å². The van der Waals surface area contributed by atoms with Gasteiger partial charge in [0, 0.05) is 33.5 Å². The third-order valence-corrected chi connectivity index (χ3v) is 13.7. The van der Waals surface area contributed by atoms with E-state index < -0.39 is 0 Å². The van der Waals surface area contributed by atoms with Crippen LogP contribution in [0.25, 0.3) is 104 Å². The van der Waals surface area contributed by atoms with Gasteiger partial charge in [0.1, 0.15) is 0 Å². The normalized spacial score (nSPS) is 11.5. The van der Waals surface area contributed by atoms with Crippen LogP contribution < -0.4 is 4.90 Å². The van der Waals surface area contributed by atoms with Crippen molar-refractivity contribution in [2.75, 3.05) is 4.90 Å². The lowest BCUT2D eigenvalue weighted by Gasteiger charge is -2.26. The van der Waals surface area contributed by atoms with E-state index in [9.17, 15) is 0 Å². The molecule has 13 aromatic rings. The first kappa shape index (κ1) is 39.4. The van der Waals surface area contributed by atoms with Crippen LogP contribution in [0.1, 0.15) is 0 Å². The Bertz CT molecular complexity index is 4010. The highest BCUT2D eigenvalue weighted by molar-refractivity contribution is 6.16. The van der Waals surface area contributed by atoms with Crippen LogP contribution in [0.4, 0.5) is 17.1 Å². The SMILES string of the molecule is c1ccc(-n2c3ccccc3c3c(-c4cccc(-c5cccc(N(c6ccc(-c7ccc8ccccc8c7)cc6)c6ccc(-c7cc8ccccc8c8ccccc78)cc6)c5)c4)cccc32)cc1. The summed E-state index contributed by atoms with van der Waals surface area (Å²) >= 11 is 0. The molecule has 0 saturated carbocycles. The minimum Gasteiger partial charge on any atom is -0.310 e. The summed E-state index contributed by atoms with van der Waals surface area (Å²) in [5.74, 6) is 0. The first-order valence-electron chi connectivity index (χ1n) is 23.4. The minimum atomic E-state index is 1.09. The average molecular weight is 865 g/mol. The van der Waals surface area contributed by atoms with Gasteiger partial charge in [-0.2, -0.15) is 0 Å². The predicted octanol–water partition coefficient (Wildman–Crippen LogP) is 18.4. The molecule has 0 atom stereocenters. The van der Waals surface area contributed by atoms with E-state index in [4.69, 9.17) is 0 Å². The fourth-order valence-corrected chi connectivity index (χ4v) is 10.5. The summed E-state index contributed by atoms with van der Waals surface area (Å²) < 4.78 is 2.39. The van der Waals surface area contributed by atoms with Gasteiger partial charge in [0.05, 0.1) is 11.0 Å². The number of hydrogen-bond acceptors (Lipinski definition) is 1. The Kier molecular flexibility index (Phi) is 9.54. The monoisotopic (exact) mass is 864 g/mol. The topological polar surface area (TPSA) is 8.17 Å². The zero-order valence-corrected chi connectivity index (χ0v) is 37.3. The quantitative estimate of drug-likeness (QED) is 0.138. The third kappa shape index (κ3) is 6.82. The van der Waals surface area contributed by atoms with Crippen molar-refractivity contribution in [3.63, 3.8) is 0 Å². The highest BCUT2D eigenvalue weighted by atomic mass is 15.1. The van der Waals surface area contributed by atoms with Gasteiger partial charge < -0.3 is 9.47 Å². The van der Waals surface area contributed by atoms with E-state index in [1.54, 1.807) is 0 Å². The smallest absolute Gasteiger partial charge is 0.0547 e. The van der Waals surface area contributed by atoms with Gasteiger partial charge in [-0.15, -0.1) is 0 Å². The number of rotatable bonds is 8. The Morgan fingerprint density at radius 3 is 1.60 bits per heavy atom. The molecule has 1 aromatic heterocycles. The van der Waals surface area contributed by atoms with Crippen molar-refractivity contribution >= 4 is 71.2 Å². The van der Waals surface area contributed by atoms with Crippen molar-refractivity contribution in [1.82, 2.24) is 4.57 Å². The number of hydrogen-bond donors (Lipinski definition) is 0. The Hall–Kier alpha value is -8.98. The maximum Gasteiger partial charge on any atom is 0.0547 e. The average Bonchev–Trinajstić information content (AvgIpc) is 3.76. The van der Waals surface area contributed by atoms with Crippen molar-refractivity contribution < 1.29 is 0 Å². The van der Waals surface area contributed by atoms with Gasteiger partial charge in [0.25, 0.3) is 0 Å². The second kappa shape index (κ2) is 16.5. The summed E-state index contributed by atoms with van der Waals surface area (Å²) in [4.78, 5) is 2.39. The lowest BCUT2D eigenvalue weighted by atomic mass is 9.93. The third-order valence-electron chi connectivity index (χ3n) is 13.7. The predicted molar refractivity (Wildman–Crippen MR) is 290 cm³/mol. The standard InChI is InChI=1S/C66H44N2/c1-2-21-54(22-3-1)68-64-29-11-10-27-62(64)66-59(28-14-30-65(66)68)52-20-12-18-49(42-52)50-19-13-23-57(43-50)67(55-37-33-46(34-38-55)51-32-31-45-15-4-5-16-48(45)41-51)56-39-35-47(36-40-56)63-44-53-17-6-7-24-58(53)60-25-8-9-26-61(60)63/h1-44H. The first-order valence-corrected chi connectivity index (χ1v) is 23.4. The van der Waals surface area contributed by atoms with Crippen LogP contribution in [0.2, 0.25) is 0 Å². The van der Waals surface area contributed by atoms with E-state index in [1.807, 2.05) is 0 Å². The molecule has 68 heavy (non-hydrogen) atoms. The minimum absolute atomic E-state index is 1.09. The lowest BCUT2D eigenvalue weighted by molar-refractivity contribution is 1.18. The van der Waals surface area contributed by atoms with Crippen molar-refractivity contribution in [3.8, 4) is 50.2 Å². The zero-order chi connectivity index (χ0) is 45.0. The van der Waals surface area contributed by atoms with Gasteiger partial charge in [0.2, 0.25) is 0 Å². The fourth-order valence-electron chi connectivity index (χ4n) is 10.5. The molecule has 0 N–H and O–H groups in total. The van der Waals surface area contributed by atoms with E-state index >= 15 is 0 Å². The van der Waals surface area contributed by atoms with Crippen LogP contribution in [0.15, 0.2) is 267 Å². The van der Waals surface area contributed by atoms with E-state index in [0.29, 0.717) is 0 Å². The van der Waals surface area contributed by atoms with Crippen LogP contribution in [0.5, 0.6) is 0 Å². The fraction of sp³-hybridized carbons (Fsp3) is 0. The van der Waals surface area contributed by atoms with Gasteiger partial charge in [0.15, 0.2) is 0 Å². The number of benzene rings is 12. The molecule has 2 nitrogen and oxygen atoms in total. The molecule has 0 amide bonds. The van der Waals surface area contributed by atoms with Crippen LogP contribution in [-0.2, 0) is 0 Å². The second-order valence-electron chi connectivity index (χ2n) is 17.7. The van der Waals surface area contributed by atoms with Gasteiger partial charge in [-0.05, 0) is 156 Å². The molecule has 0 unspecified atom stereocenters. The lowest BCUT2D eigenvalue weighted by Crippen LogP contribution is -2.10. The van der Waals surface area contributed by atoms with Crippen LogP contribution in [0, 0.1) is 0 Å². The van der Waals surface area contributed by atoms with Gasteiger partial charge in [-0.3, -0.25) is 0 Å². The largest absolute Gasteiger partial charge is 0.310 e. The Labute approximate surface area is 395 Å². The number of nitrogens with zero attached hydrogens (tertiary/aromatic N) is 2. The number of fused-ring (bicyclic) bond motifs is 7. The Morgan fingerprint density at radius 1 is 0.250 bits per heavy atom. The van der Waals surface area contributed by atoms with Crippen molar-refractivity contribution in [2.45, 2.75) is 0 Å². The molecular formula is C66H44N2. The van der Waals surface area contributed by atoms with Gasteiger partial charge in [-0.25, -0.2) is 0 Å². The first-order chi connectivity index (χ1) is 33.7. The summed E-state index contributed by atoms with van der Waals surface area (Å²) in [5, 5.41) is 10.0. The van der Waals surface area contributed by atoms with Crippen LogP contribution >= 0.6 is 0 Å². The maximum absolute atomic E-state index is 2.39. The molecule has 13 rings (SSSR count). The molecule has 0 fully saturated rings. The van der Waals surface area contributed by atoms with Crippen LogP contribution in [-0.4, -0.2) is 4.57 Å². The van der Waals surface area contributed by atoms with Crippen molar-refractivity contribution in [2.24, 2.45) is 0 Å². The summed E-state index contributed by atoms with van der Waals surface area (Å²) in [5.41, 5.74) is 16.4. The van der Waals surface area contributed by atoms with Gasteiger partial charge >= 0.3 is 0 Å². The van der Waals surface area contributed by atoms with E-state index in [1.165, 1.54) is 93.1 Å². The van der Waals surface area contributed by atoms with Gasteiger partial charge in [-0.1, -0.05) is 188 Å². The summed E-state index contributed by atoms with van der Waals surface area (Å²) in [6, 6.07) is 97.5. The molecular weight excluding hydrogens is 821 g/mol. The number of aromatic nitrogens is 1. The summed E-state index contributed by atoms with van der Waals surface area (Å²) in [6.07, 6.45) is 0. The molecule has 0 saturated heterocycles. The van der Waals surface area contributed by atoms with Crippen molar-refractivity contribution in [3.05, 3.63) is 267 Å². The molecule has 2 heteroatoms. The second-order valence-corrected chi connectivity index (χ2v) is 17.7. The number of anilines is 3. The van der Waals surface area contributed by atoms with Crippen LogP contribution in [0.3, 0.4) is 0 Å². The molecule has 0 aliphatic rings. The number of para-hydroxylation sites is 2. The molecule has 1 heterocycles. The molecule has 0 radical (unpaired) electrons. The Morgan fingerprint density at radius 2 is 0.809 bits per heavy atom. The highest BCUT2D eigenvalue weighted by Crippen LogP contribution is 2.43. The molecule has 0 spiro atoms. The summed E-state index contributed by atoms with van der Waals surface area (Å²) in [6.45, 7) is 0. The van der Waals surface area contributed by atoms with Crippen molar-refractivity contribution in [1.29, 1.82) is 0 Å². The van der Waals surface area contributed by atoms with E-state index in [2.05, 4.69) is 276 Å². The summed E-state index contributed by atoms with van der Waals surface area (Å²) in [7, 11) is 0. The molecule has 0 bridgehead atoms. The molecule has 318 valence electrons. The van der Waals surface area contributed by atoms with E-state index in [-0.39, 0.29) is 0 Å². The molecule has 0 aliphatic heterocycles. The maximum atomic E-state index is 2.39. The molecule has 12 aromatic carbocycles. The Balaban J connectivity index is 0.916.